The number of benzene rings is 2. The van der Waals surface area contributed by atoms with E-state index in [0.717, 1.165) is 16.7 Å². The van der Waals surface area contributed by atoms with Gasteiger partial charge < -0.3 is 0 Å². The maximum atomic E-state index is 11.7. The lowest BCUT2D eigenvalue weighted by Crippen LogP contribution is -2.09. The quantitative estimate of drug-likeness (QED) is 0.616. The molecule has 19 heavy (non-hydrogen) atoms. The summed E-state index contributed by atoms with van der Waals surface area (Å²) in [5, 5.41) is 0. The summed E-state index contributed by atoms with van der Waals surface area (Å²) >= 11 is 0. The van der Waals surface area contributed by atoms with E-state index in [2.05, 4.69) is 18.2 Å². The van der Waals surface area contributed by atoms with Crippen molar-refractivity contribution in [2.24, 2.45) is 0 Å². The normalized spacial score (nSPS) is 10.3. The highest BCUT2D eigenvalue weighted by molar-refractivity contribution is 6.43. The Morgan fingerprint density at radius 1 is 0.947 bits per heavy atom. The standard InChI is InChI=1S/C17H16O2/c1-11-7-8-12(2)16(9-11)14-5-4-6-15(10-14)17(19)13(3)18/h4-10H,1-3H3. The fraction of sp³-hybridized carbons (Fsp3) is 0.176. The van der Waals surface area contributed by atoms with Crippen LogP contribution in [0.2, 0.25) is 0 Å². The molecule has 0 aliphatic carbocycles. The molecule has 0 bridgehead atoms. The molecule has 0 aliphatic rings. The van der Waals surface area contributed by atoms with Crippen LogP contribution in [-0.2, 0) is 4.79 Å². The lowest BCUT2D eigenvalue weighted by molar-refractivity contribution is -0.113. The van der Waals surface area contributed by atoms with Gasteiger partial charge in [0, 0.05) is 12.5 Å². The van der Waals surface area contributed by atoms with Crippen molar-refractivity contribution in [2.75, 3.05) is 0 Å². The molecule has 0 heterocycles. The highest BCUT2D eigenvalue weighted by atomic mass is 16.2. The van der Waals surface area contributed by atoms with Crippen LogP contribution in [-0.4, -0.2) is 11.6 Å². The van der Waals surface area contributed by atoms with Crippen LogP contribution in [0.15, 0.2) is 42.5 Å². The monoisotopic (exact) mass is 252 g/mol. The largest absolute Gasteiger partial charge is 0.291 e. The van der Waals surface area contributed by atoms with Crippen molar-refractivity contribution in [3.8, 4) is 11.1 Å². The SMILES string of the molecule is CC(=O)C(=O)c1cccc(-c2cc(C)ccc2C)c1. The number of hydrogen-bond acceptors (Lipinski definition) is 2. The molecule has 2 aromatic carbocycles. The van der Waals surface area contributed by atoms with Crippen LogP contribution in [0, 0.1) is 13.8 Å². The molecule has 2 heteroatoms. The van der Waals surface area contributed by atoms with Crippen molar-refractivity contribution in [2.45, 2.75) is 20.8 Å². The number of carbonyl (C=O) groups excluding carboxylic acids is 2. The molecule has 2 nitrogen and oxygen atoms in total. The fourth-order valence-corrected chi connectivity index (χ4v) is 2.08. The summed E-state index contributed by atoms with van der Waals surface area (Å²) in [5.41, 5.74) is 4.83. The molecule has 0 aliphatic heterocycles. The molecule has 0 saturated heterocycles. The van der Waals surface area contributed by atoms with Gasteiger partial charge in [0.05, 0.1) is 0 Å². The number of carbonyl (C=O) groups is 2. The minimum atomic E-state index is -0.438. The summed E-state index contributed by atoms with van der Waals surface area (Å²) in [5.74, 6) is -0.870. The molecule has 0 N–H and O–H groups in total. The van der Waals surface area contributed by atoms with Gasteiger partial charge in [0.25, 0.3) is 0 Å². The second-order valence-electron chi connectivity index (χ2n) is 4.78. The van der Waals surface area contributed by atoms with Gasteiger partial charge in [-0.25, -0.2) is 0 Å². The minimum Gasteiger partial charge on any atom is -0.291 e. The molecule has 0 saturated carbocycles. The molecular weight excluding hydrogens is 236 g/mol. The van der Waals surface area contributed by atoms with Crippen LogP contribution in [0.5, 0.6) is 0 Å². The van der Waals surface area contributed by atoms with Crippen molar-refractivity contribution >= 4 is 11.6 Å². The Hall–Kier alpha value is -2.22. The molecule has 2 rings (SSSR count). The number of Topliss-reactive ketones (excluding diaryl/α,β-unsaturated/α-hetero) is 2. The van der Waals surface area contributed by atoms with Crippen LogP contribution in [0.3, 0.4) is 0 Å². The molecule has 0 fully saturated rings. The maximum Gasteiger partial charge on any atom is 0.228 e. The molecular formula is C17H16O2. The summed E-state index contributed by atoms with van der Waals surface area (Å²) in [6, 6.07) is 13.4. The van der Waals surface area contributed by atoms with E-state index in [1.54, 1.807) is 12.1 Å². The Labute approximate surface area is 113 Å². The Bertz CT molecular complexity index is 654. The Kier molecular flexibility index (Phi) is 3.61. The lowest BCUT2D eigenvalue weighted by atomic mass is 9.96. The van der Waals surface area contributed by atoms with Gasteiger partial charge in [-0.05, 0) is 36.6 Å². The first-order chi connectivity index (χ1) is 8.99. The zero-order valence-corrected chi connectivity index (χ0v) is 11.4. The molecule has 2 aromatic rings. The first-order valence-electron chi connectivity index (χ1n) is 6.22. The minimum absolute atomic E-state index is 0.432. The Morgan fingerprint density at radius 2 is 1.68 bits per heavy atom. The van der Waals surface area contributed by atoms with E-state index >= 15 is 0 Å². The first kappa shape index (κ1) is 13.2. The van der Waals surface area contributed by atoms with Gasteiger partial charge in [-0.1, -0.05) is 42.0 Å². The number of rotatable bonds is 3. The van der Waals surface area contributed by atoms with Crippen LogP contribution in [0.4, 0.5) is 0 Å². The Morgan fingerprint density at radius 3 is 2.37 bits per heavy atom. The average molecular weight is 252 g/mol. The average Bonchev–Trinajstić information content (AvgIpc) is 2.40. The maximum absolute atomic E-state index is 11.7. The van der Waals surface area contributed by atoms with Gasteiger partial charge in [-0.2, -0.15) is 0 Å². The second kappa shape index (κ2) is 5.19. The summed E-state index contributed by atoms with van der Waals surface area (Å²) in [6.07, 6.45) is 0. The third-order valence-corrected chi connectivity index (χ3v) is 3.15. The summed E-state index contributed by atoms with van der Waals surface area (Å²) in [6.45, 7) is 5.37. The number of hydrogen-bond donors (Lipinski definition) is 0. The van der Waals surface area contributed by atoms with E-state index in [0.29, 0.717) is 5.56 Å². The molecule has 0 spiro atoms. The predicted octanol–water partition coefficient (Wildman–Crippen LogP) is 3.74. The van der Waals surface area contributed by atoms with Gasteiger partial charge in [0.1, 0.15) is 0 Å². The third kappa shape index (κ3) is 2.79. The van der Waals surface area contributed by atoms with Crippen molar-refractivity contribution < 1.29 is 9.59 Å². The van der Waals surface area contributed by atoms with E-state index in [4.69, 9.17) is 0 Å². The van der Waals surface area contributed by atoms with Crippen LogP contribution < -0.4 is 0 Å². The lowest BCUT2D eigenvalue weighted by Gasteiger charge is -2.08. The molecule has 0 atom stereocenters. The summed E-state index contributed by atoms with van der Waals surface area (Å²) in [7, 11) is 0. The van der Waals surface area contributed by atoms with Gasteiger partial charge in [-0.15, -0.1) is 0 Å². The highest BCUT2D eigenvalue weighted by Gasteiger charge is 2.12. The van der Waals surface area contributed by atoms with E-state index in [1.807, 2.05) is 26.0 Å². The van der Waals surface area contributed by atoms with E-state index < -0.39 is 11.6 Å². The van der Waals surface area contributed by atoms with Crippen molar-refractivity contribution in [1.82, 2.24) is 0 Å². The first-order valence-corrected chi connectivity index (χ1v) is 6.22. The number of ketones is 2. The zero-order chi connectivity index (χ0) is 14.0. The van der Waals surface area contributed by atoms with Crippen molar-refractivity contribution in [1.29, 1.82) is 0 Å². The van der Waals surface area contributed by atoms with E-state index in [-0.39, 0.29) is 0 Å². The van der Waals surface area contributed by atoms with Crippen LogP contribution in [0.1, 0.15) is 28.4 Å². The topological polar surface area (TPSA) is 34.1 Å². The second-order valence-corrected chi connectivity index (χ2v) is 4.78. The Balaban J connectivity index is 2.52. The van der Waals surface area contributed by atoms with E-state index in [9.17, 15) is 9.59 Å². The molecule has 0 radical (unpaired) electrons. The van der Waals surface area contributed by atoms with Gasteiger partial charge in [0.15, 0.2) is 5.78 Å². The third-order valence-electron chi connectivity index (χ3n) is 3.15. The smallest absolute Gasteiger partial charge is 0.228 e. The van der Waals surface area contributed by atoms with E-state index in [1.165, 1.54) is 12.5 Å². The fourth-order valence-electron chi connectivity index (χ4n) is 2.08. The molecule has 0 unspecified atom stereocenters. The van der Waals surface area contributed by atoms with Gasteiger partial charge in [0.2, 0.25) is 5.78 Å². The number of aryl methyl sites for hydroxylation is 2. The van der Waals surface area contributed by atoms with Gasteiger partial charge >= 0.3 is 0 Å². The molecule has 96 valence electrons. The van der Waals surface area contributed by atoms with Crippen molar-refractivity contribution in [3.05, 3.63) is 59.2 Å². The van der Waals surface area contributed by atoms with Crippen molar-refractivity contribution in [3.63, 3.8) is 0 Å². The van der Waals surface area contributed by atoms with Crippen LogP contribution in [0.25, 0.3) is 11.1 Å². The molecule has 0 aromatic heterocycles. The highest BCUT2D eigenvalue weighted by Crippen LogP contribution is 2.25. The predicted molar refractivity (Wildman–Crippen MR) is 76.4 cm³/mol. The van der Waals surface area contributed by atoms with Gasteiger partial charge in [-0.3, -0.25) is 9.59 Å². The molecule has 0 amide bonds. The summed E-state index contributed by atoms with van der Waals surface area (Å²) in [4.78, 5) is 22.9. The summed E-state index contributed by atoms with van der Waals surface area (Å²) < 4.78 is 0. The zero-order valence-electron chi connectivity index (χ0n) is 11.4. The van der Waals surface area contributed by atoms with Crippen LogP contribution >= 0.6 is 0 Å².